The number of unbranched alkanes of at least 4 members (excludes halogenated alkanes) is 1. The SMILES string of the molecule is CC(C)CCN(C(=O)CCCCCl)C1CCCC1. The molecule has 0 aromatic rings. The van der Waals surface area contributed by atoms with Crippen LogP contribution in [0, 0.1) is 5.92 Å². The highest BCUT2D eigenvalue weighted by molar-refractivity contribution is 6.17. The van der Waals surface area contributed by atoms with E-state index in [1.807, 2.05) is 0 Å². The normalized spacial score (nSPS) is 16.4. The topological polar surface area (TPSA) is 20.3 Å². The number of hydrogen-bond donors (Lipinski definition) is 0. The average molecular weight is 274 g/mol. The highest BCUT2D eigenvalue weighted by Gasteiger charge is 2.25. The van der Waals surface area contributed by atoms with E-state index in [2.05, 4.69) is 18.7 Å². The molecule has 0 saturated heterocycles. The van der Waals surface area contributed by atoms with E-state index in [-0.39, 0.29) is 0 Å². The lowest BCUT2D eigenvalue weighted by atomic mass is 10.1. The molecule has 1 aliphatic rings. The molecule has 0 aromatic heterocycles. The maximum atomic E-state index is 12.3. The van der Waals surface area contributed by atoms with Crippen molar-refractivity contribution in [2.24, 2.45) is 5.92 Å². The van der Waals surface area contributed by atoms with E-state index >= 15 is 0 Å². The zero-order valence-electron chi connectivity index (χ0n) is 12.0. The van der Waals surface area contributed by atoms with E-state index < -0.39 is 0 Å². The molecule has 0 radical (unpaired) electrons. The van der Waals surface area contributed by atoms with Crippen molar-refractivity contribution in [2.75, 3.05) is 12.4 Å². The molecule has 1 aliphatic carbocycles. The summed E-state index contributed by atoms with van der Waals surface area (Å²) in [5, 5.41) is 0. The van der Waals surface area contributed by atoms with Gasteiger partial charge in [0.2, 0.25) is 5.91 Å². The van der Waals surface area contributed by atoms with Gasteiger partial charge in [-0.15, -0.1) is 11.6 Å². The third kappa shape index (κ3) is 5.60. The predicted molar refractivity (Wildman–Crippen MR) is 78.0 cm³/mol. The quantitative estimate of drug-likeness (QED) is 0.479. The van der Waals surface area contributed by atoms with E-state index in [0.29, 0.717) is 30.2 Å². The third-order valence-electron chi connectivity index (χ3n) is 3.81. The second-order valence-electron chi connectivity index (χ2n) is 5.85. The van der Waals surface area contributed by atoms with Gasteiger partial charge < -0.3 is 4.90 Å². The lowest BCUT2D eigenvalue weighted by Crippen LogP contribution is -2.39. The highest BCUT2D eigenvalue weighted by Crippen LogP contribution is 2.25. The van der Waals surface area contributed by atoms with Crippen LogP contribution < -0.4 is 0 Å². The molecule has 0 heterocycles. The number of carbonyl (C=O) groups excluding carboxylic acids is 1. The first-order chi connectivity index (χ1) is 8.65. The minimum atomic E-state index is 0.354. The Morgan fingerprint density at radius 1 is 1.28 bits per heavy atom. The maximum absolute atomic E-state index is 12.3. The van der Waals surface area contributed by atoms with E-state index in [0.717, 1.165) is 25.8 Å². The van der Waals surface area contributed by atoms with E-state index in [1.165, 1.54) is 25.7 Å². The molecule has 1 rings (SSSR count). The summed E-state index contributed by atoms with van der Waals surface area (Å²) < 4.78 is 0. The fourth-order valence-electron chi connectivity index (χ4n) is 2.64. The minimum Gasteiger partial charge on any atom is -0.340 e. The first kappa shape index (κ1) is 15.8. The summed E-state index contributed by atoms with van der Waals surface area (Å²) in [6.07, 6.45) is 8.69. The molecule has 1 amide bonds. The Labute approximate surface area is 117 Å². The molecule has 1 saturated carbocycles. The summed E-state index contributed by atoms with van der Waals surface area (Å²) in [6.45, 7) is 5.40. The molecule has 18 heavy (non-hydrogen) atoms. The zero-order valence-corrected chi connectivity index (χ0v) is 12.7. The van der Waals surface area contributed by atoms with Crippen molar-refractivity contribution >= 4 is 17.5 Å². The summed E-state index contributed by atoms with van der Waals surface area (Å²) in [5.41, 5.74) is 0. The van der Waals surface area contributed by atoms with Crippen molar-refractivity contribution in [1.29, 1.82) is 0 Å². The Hall–Kier alpha value is -0.240. The minimum absolute atomic E-state index is 0.354. The summed E-state index contributed by atoms with van der Waals surface area (Å²) in [7, 11) is 0. The van der Waals surface area contributed by atoms with Gasteiger partial charge in [-0.25, -0.2) is 0 Å². The van der Waals surface area contributed by atoms with Crippen molar-refractivity contribution in [3.8, 4) is 0 Å². The molecule has 0 spiro atoms. The van der Waals surface area contributed by atoms with Gasteiger partial charge in [-0.2, -0.15) is 0 Å². The third-order valence-corrected chi connectivity index (χ3v) is 4.07. The van der Waals surface area contributed by atoms with Crippen LogP contribution in [-0.4, -0.2) is 29.3 Å². The maximum Gasteiger partial charge on any atom is 0.222 e. The number of amides is 1. The largest absolute Gasteiger partial charge is 0.340 e. The van der Waals surface area contributed by atoms with E-state index in [1.54, 1.807) is 0 Å². The Morgan fingerprint density at radius 3 is 2.50 bits per heavy atom. The summed E-state index contributed by atoms with van der Waals surface area (Å²) in [5.74, 6) is 1.69. The number of rotatable bonds is 8. The van der Waals surface area contributed by atoms with Gasteiger partial charge in [-0.1, -0.05) is 26.7 Å². The van der Waals surface area contributed by atoms with Crippen molar-refractivity contribution in [3.63, 3.8) is 0 Å². The van der Waals surface area contributed by atoms with E-state index in [9.17, 15) is 4.79 Å². The number of nitrogens with zero attached hydrogens (tertiary/aromatic N) is 1. The lowest BCUT2D eigenvalue weighted by Gasteiger charge is -2.30. The number of alkyl halides is 1. The van der Waals surface area contributed by atoms with Crippen LogP contribution in [0.2, 0.25) is 0 Å². The molecule has 106 valence electrons. The molecule has 1 fully saturated rings. The van der Waals surface area contributed by atoms with Crippen molar-refractivity contribution in [2.45, 2.75) is 71.3 Å². The van der Waals surface area contributed by atoms with Gasteiger partial charge >= 0.3 is 0 Å². The van der Waals surface area contributed by atoms with Crippen molar-refractivity contribution in [3.05, 3.63) is 0 Å². The van der Waals surface area contributed by atoms with Crippen molar-refractivity contribution in [1.82, 2.24) is 4.90 Å². The van der Waals surface area contributed by atoms with Crippen LogP contribution >= 0.6 is 11.6 Å². The molecule has 0 atom stereocenters. The van der Waals surface area contributed by atoms with Gasteiger partial charge in [-0.3, -0.25) is 4.79 Å². The zero-order chi connectivity index (χ0) is 13.4. The second kappa shape index (κ2) is 8.79. The van der Waals surface area contributed by atoms with Crippen molar-refractivity contribution < 1.29 is 4.79 Å². The highest BCUT2D eigenvalue weighted by atomic mass is 35.5. The molecule has 0 aromatic carbocycles. The molecular weight excluding hydrogens is 246 g/mol. The van der Waals surface area contributed by atoms with Gasteiger partial charge in [-0.05, 0) is 38.0 Å². The molecular formula is C15H28ClNO. The molecule has 2 nitrogen and oxygen atoms in total. The molecule has 0 N–H and O–H groups in total. The van der Waals surface area contributed by atoms with Crippen LogP contribution in [0.15, 0.2) is 0 Å². The smallest absolute Gasteiger partial charge is 0.222 e. The molecule has 0 aliphatic heterocycles. The average Bonchev–Trinajstić information content (AvgIpc) is 2.83. The van der Waals surface area contributed by atoms with Gasteiger partial charge in [0.25, 0.3) is 0 Å². The van der Waals surface area contributed by atoms with Crippen LogP contribution in [-0.2, 0) is 4.79 Å². The predicted octanol–water partition coefficient (Wildman–Crippen LogP) is 4.21. The van der Waals surface area contributed by atoms with Crippen LogP contribution in [0.3, 0.4) is 0 Å². The Morgan fingerprint density at radius 2 is 1.94 bits per heavy atom. The van der Waals surface area contributed by atoms with Crippen LogP contribution in [0.5, 0.6) is 0 Å². The second-order valence-corrected chi connectivity index (χ2v) is 6.23. The van der Waals surface area contributed by atoms with Gasteiger partial charge in [0.05, 0.1) is 0 Å². The van der Waals surface area contributed by atoms with Gasteiger partial charge in [0, 0.05) is 24.9 Å². The van der Waals surface area contributed by atoms with Crippen LogP contribution in [0.1, 0.15) is 65.2 Å². The standard InChI is InChI=1S/C15H28ClNO/c1-13(2)10-12-17(14-7-3-4-8-14)15(18)9-5-6-11-16/h13-14H,3-12H2,1-2H3. The first-order valence-electron chi connectivity index (χ1n) is 7.50. The fourth-order valence-corrected chi connectivity index (χ4v) is 2.83. The number of hydrogen-bond acceptors (Lipinski definition) is 1. The number of carbonyl (C=O) groups is 1. The van der Waals surface area contributed by atoms with Crippen LogP contribution in [0.4, 0.5) is 0 Å². The fraction of sp³-hybridized carbons (Fsp3) is 0.933. The Kier molecular flexibility index (Phi) is 7.73. The van der Waals surface area contributed by atoms with E-state index in [4.69, 9.17) is 11.6 Å². The Bertz CT molecular complexity index is 237. The van der Waals surface area contributed by atoms with Gasteiger partial charge in [0.15, 0.2) is 0 Å². The first-order valence-corrected chi connectivity index (χ1v) is 8.04. The summed E-state index contributed by atoms with van der Waals surface area (Å²) in [4.78, 5) is 14.5. The summed E-state index contributed by atoms with van der Waals surface area (Å²) in [6, 6.07) is 0.521. The molecule has 0 unspecified atom stereocenters. The number of halogens is 1. The monoisotopic (exact) mass is 273 g/mol. The lowest BCUT2D eigenvalue weighted by molar-refractivity contribution is -0.133. The van der Waals surface area contributed by atoms with Crippen LogP contribution in [0.25, 0.3) is 0 Å². The molecule has 0 bridgehead atoms. The summed E-state index contributed by atoms with van der Waals surface area (Å²) >= 11 is 5.67. The van der Waals surface area contributed by atoms with Gasteiger partial charge in [0.1, 0.15) is 0 Å². The Balaban J connectivity index is 2.44. The molecule has 3 heteroatoms.